The molecule has 0 aliphatic carbocycles. The summed E-state index contributed by atoms with van der Waals surface area (Å²) in [7, 11) is 0. The summed E-state index contributed by atoms with van der Waals surface area (Å²) in [6.07, 6.45) is 0. The topological polar surface area (TPSA) is 12.4 Å². The van der Waals surface area contributed by atoms with Crippen LogP contribution in [0.1, 0.15) is 0 Å². The van der Waals surface area contributed by atoms with Gasteiger partial charge in [-0.3, -0.25) is 0 Å². The van der Waals surface area contributed by atoms with Crippen LogP contribution < -0.4 is 0 Å². The summed E-state index contributed by atoms with van der Waals surface area (Å²) in [5.74, 6) is -2.53. The second-order valence-electron chi connectivity index (χ2n) is 0.873. The monoisotopic (exact) mass is 149 g/mol. The Bertz CT molecular complexity index is 105. The fourth-order valence-electron chi connectivity index (χ4n) is 0.0479. The molecular weight excluding hydrogens is 149 g/mol. The van der Waals surface area contributed by atoms with Crippen molar-refractivity contribution in [3.63, 3.8) is 0 Å². The number of rotatable bonds is 1. The van der Waals surface area contributed by atoms with E-state index in [0.717, 1.165) is 5.21 Å². The Kier molecular flexibility index (Phi) is 2.21. The molecule has 0 N–H and O–H groups in total. The lowest BCUT2D eigenvalue weighted by molar-refractivity contribution is 0.158. The zero-order valence-corrected chi connectivity index (χ0v) is 4.09. The van der Waals surface area contributed by atoms with Gasteiger partial charge in [0.15, 0.2) is 0 Å². The normalized spacial score (nSPS) is 14.4. The molecule has 0 radical (unpaired) electrons. The average Bonchev–Trinajstić information content (AvgIpc) is 1.62. The van der Waals surface area contributed by atoms with Crippen molar-refractivity contribution in [1.82, 2.24) is 0 Å². The van der Waals surface area contributed by atoms with Gasteiger partial charge < -0.3 is 0 Å². The summed E-state index contributed by atoms with van der Waals surface area (Å²) in [6.45, 7) is 0. The van der Waals surface area contributed by atoms with Crippen molar-refractivity contribution in [3.8, 4) is 0 Å². The van der Waals surface area contributed by atoms with Gasteiger partial charge in [-0.1, -0.05) is 9.70 Å². The quantitative estimate of drug-likeness (QED) is 0.307. The van der Waals surface area contributed by atoms with E-state index >= 15 is 0 Å². The second kappa shape index (κ2) is 2.30. The molecule has 0 rings (SSSR count). The number of hydrogen-bond donors (Lipinski definition) is 0. The molecule has 0 saturated heterocycles. The van der Waals surface area contributed by atoms with Gasteiger partial charge in [0.1, 0.15) is 0 Å². The van der Waals surface area contributed by atoms with E-state index in [2.05, 4.69) is 11.6 Å². The van der Waals surface area contributed by atoms with E-state index in [4.69, 9.17) is 0 Å². The van der Waals surface area contributed by atoms with Crippen molar-refractivity contribution >= 4 is 17.6 Å². The van der Waals surface area contributed by atoms with E-state index in [-0.39, 0.29) is 0 Å². The van der Waals surface area contributed by atoms with Crippen LogP contribution >= 0.6 is 11.6 Å². The van der Waals surface area contributed by atoms with Crippen molar-refractivity contribution in [1.29, 1.82) is 0 Å². The van der Waals surface area contributed by atoms with E-state index in [1.807, 2.05) is 0 Å². The molecule has 0 amide bonds. The standard InChI is InChI=1S/C2ClF4N/c3-2(5,6)1(4)8-7. The molecule has 0 unspecified atom stereocenters. The summed E-state index contributed by atoms with van der Waals surface area (Å²) in [4.78, 5) is 0. The Labute approximate surface area is 46.9 Å². The minimum Gasteiger partial charge on any atom is -0.179 e. The highest BCUT2D eigenvalue weighted by molar-refractivity contribution is 6.31. The molecule has 1 nitrogen and oxygen atoms in total. The van der Waals surface area contributed by atoms with Crippen LogP contribution in [-0.2, 0) is 0 Å². The predicted octanol–water partition coefficient (Wildman–Crippen LogP) is 2.07. The minimum absolute atomic E-state index is 1.03. The van der Waals surface area contributed by atoms with Crippen LogP contribution in [0, 0.1) is 0 Å². The molecule has 0 aliphatic rings. The van der Waals surface area contributed by atoms with Gasteiger partial charge in [0.2, 0.25) is 0 Å². The van der Waals surface area contributed by atoms with Gasteiger partial charge >= 0.3 is 11.3 Å². The summed E-state index contributed by atoms with van der Waals surface area (Å²) in [5, 5.41) is -3.28. The highest BCUT2D eigenvalue weighted by Crippen LogP contribution is 2.21. The molecule has 0 atom stereocenters. The number of hydrogen-bond acceptors (Lipinski definition) is 1. The first kappa shape index (κ1) is 7.68. The molecule has 0 aromatic rings. The summed E-state index contributed by atoms with van der Waals surface area (Å²) in [5.41, 5.74) is 0. The first-order valence-corrected chi connectivity index (χ1v) is 1.78. The minimum atomic E-state index is -4.31. The number of nitrogens with zero attached hydrogens (tertiary/aromatic N) is 1. The number of halogens is 5. The van der Waals surface area contributed by atoms with Crippen molar-refractivity contribution < 1.29 is 17.7 Å². The molecule has 8 heavy (non-hydrogen) atoms. The molecule has 0 aromatic heterocycles. The van der Waals surface area contributed by atoms with E-state index in [1.165, 1.54) is 0 Å². The lowest BCUT2D eigenvalue weighted by atomic mass is 10.7. The van der Waals surface area contributed by atoms with Gasteiger partial charge in [-0.15, -0.1) is 0 Å². The van der Waals surface area contributed by atoms with Gasteiger partial charge in [0, 0.05) is 0 Å². The maximum absolute atomic E-state index is 11.1. The van der Waals surface area contributed by atoms with Gasteiger partial charge in [0.25, 0.3) is 0 Å². The Morgan fingerprint density at radius 2 is 1.88 bits per heavy atom. The Hall–Kier alpha value is -0.320. The van der Waals surface area contributed by atoms with Crippen molar-refractivity contribution in [2.24, 2.45) is 5.21 Å². The molecule has 0 spiro atoms. The largest absolute Gasteiger partial charge is 0.393 e. The van der Waals surface area contributed by atoms with Crippen molar-refractivity contribution in [2.45, 2.75) is 5.38 Å². The number of alkyl halides is 3. The van der Waals surface area contributed by atoms with Crippen LogP contribution in [0.25, 0.3) is 0 Å². The highest BCUT2D eigenvalue weighted by Gasteiger charge is 2.34. The molecule has 6 heteroatoms. The highest BCUT2D eigenvalue weighted by atomic mass is 35.5. The fraction of sp³-hybridized carbons (Fsp3) is 0.500. The van der Waals surface area contributed by atoms with Crippen molar-refractivity contribution in [3.05, 3.63) is 0 Å². The fourth-order valence-corrected chi connectivity index (χ4v) is 0.0799. The summed E-state index contributed by atoms with van der Waals surface area (Å²) < 4.78 is 43.9. The van der Waals surface area contributed by atoms with E-state index < -0.39 is 11.3 Å². The summed E-state index contributed by atoms with van der Waals surface area (Å²) >= 11 is 3.90. The Balaban J connectivity index is 4.03. The molecule has 0 bridgehead atoms. The zero-order chi connectivity index (χ0) is 6.78. The van der Waals surface area contributed by atoms with Gasteiger partial charge in [-0.2, -0.15) is 13.2 Å². The van der Waals surface area contributed by atoms with Crippen molar-refractivity contribution in [2.75, 3.05) is 0 Å². The summed E-state index contributed by atoms with van der Waals surface area (Å²) in [6, 6.07) is 0. The van der Waals surface area contributed by atoms with Crippen LogP contribution in [0.5, 0.6) is 0 Å². The van der Waals surface area contributed by atoms with E-state index in [9.17, 15) is 17.7 Å². The second-order valence-corrected chi connectivity index (χ2v) is 1.35. The molecule has 0 aromatic carbocycles. The van der Waals surface area contributed by atoms with E-state index in [0.29, 0.717) is 0 Å². The van der Waals surface area contributed by atoms with Crippen LogP contribution in [0.4, 0.5) is 17.7 Å². The Morgan fingerprint density at radius 1 is 1.50 bits per heavy atom. The van der Waals surface area contributed by atoms with Crippen LogP contribution in [0.2, 0.25) is 0 Å². The lowest BCUT2D eigenvalue weighted by Gasteiger charge is -1.97. The smallest absolute Gasteiger partial charge is 0.179 e. The molecular formula is C2ClF4N. The van der Waals surface area contributed by atoms with Gasteiger partial charge in [0.05, 0.1) is 0 Å². The molecule has 0 heterocycles. The van der Waals surface area contributed by atoms with Crippen LogP contribution in [0.15, 0.2) is 5.21 Å². The first-order chi connectivity index (χ1) is 3.48. The third kappa shape index (κ3) is 2.11. The lowest BCUT2D eigenvalue weighted by Crippen LogP contribution is -2.15. The predicted molar refractivity (Wildman–Crippen MR) is 20.5 cm³/mol. The molecule has 0 fully saturated rings. The van der Waals surface area contributed by atoms with Gasteiger partial charge in [-0.05, 0) is 11.6 Å². The Morgan fingerprint density at radius 3 is 1.88 bits per heavy atom. The molecule has 0 aliphatic heterocycles. The molecule has 0 saturated carbocycles. The SMILES string of the molecule is FN=C(F)C(F)(F)Cl. The zero-order valence-electron chi connectivity index (χ0n) is 3.34. The van der Waals surface area contributed by atoms with Gasteiger partial charge in [-0.25, -0.2) is 0 Å². The van der Waals surface area contributed by atoms with Crippen LogP contribution in [0.3, 0.4) is 0 Å². The first-order valence-electron chi connectivity index (χ1n) is 1.40. The van der Waals surface area contributed by atoms with E-state index in [1.54, 1.807) is 0 Å². The maximum Gasteiger partial charge on any atom is 0.393 e. The van der Waals surface area contributed by atoms with Crippen LogP contribution in [-0.4, -0.2) is 11.3 Å². The third-order valence-electron chi connectivity index (χ3n) is 0.308. The third-order valence-corrected chi connectivity index (χ3v) is 0.464. The molecule has 48 valence electrons. The maximum atomic E-state index is 11.1. The average molecular weight is 149 g/mol.